The third-order valence-corrected chi connectivity index (χ3v) is 3.42. The summed E-state index contributed by atoms with van der Waals surface area (Å²) in [4.78, 5) is 25.7. The van der Waals surface area contributed by atoms with Gasteiger partial charge in [0.05, 0.1) is 13.1 Å². The molecule has 0 aliphatic carbocycles. The third kappa shape index (κ3) is 5.10. The number of phenols is 4. The van der Waals surface area contributed by atoms with Crippen LogP contribution in [0, 0.1) is 0 Å². The number of phenolic OH excluding ortho intramolecular Hbond substituents is 4. The molecule has 2 aromatic carbocycles. The number of halogens is 1. The summed E-state index contributed by atoms with van der Waals surface area (Å²) in [7, 11) is 1.58. The predicted molar refractivity (Wildman–Crippen MR) is 92.9 cm³/mol. The van der Waals surface area contributed by atoms with Gasteiger partial charge < -0.3 is 20.4 Å². The van der Waals surface area contributed by atoms with Crippen LogP contribution in [0.3, 0.4) is 0 Å². The summed E-state index contributed by atoms with van der Waals surface area (Å²) in [5, 5.41) is 37.3. The van der Waals surface area contributed by atoms with Crippen molar-refractivity contribution in [1.29, 1.82) is 0 Å². The first-order valence-electron chi connectivity index (χ1n) is 7.07. The molecule has 0 radical (unpaired) electrons. The van der Waals surface area contributed by atoms with E-state index in [-0.39, 0.29) is 71.2 Å². The van der Waals surface area contributed by atoms with E-state index in [1.54, 1.807) is 7.05 Å². The van der Waals surface area contributed by atoms with Crippen molar-refractivity contribution in [2.45, 2.75) is 0 Å². The van der Waals surface area contributed by atoms with Crippen LogP contribution in [-0.2, 0) is 0 Å². The zero-order valence-corrected chi connectivity index (χ0v) is 14.2. The third-order valence-electron chi connectivity index (χ3n) is 3.42. The molecule has 0 unspecified atom stereocenters. The van der Waals surface area contributed by atoms with Crippen molar-refractivity contribution in [2.75, 3.05) is 20.1 Å². The Bertz CT molecular complexity index is 727. The first-order valence-corrected chi connectivity index (χ1v) is 7.07. The Hall–Kier alpha value is -2.77. The number of benzene rings is 2. The highest BCUT2D eigenvalue weighted by Gasteiger charge is 2.15. The van der Waals surface area contributed by atoms with Gasteiger partial charge in [-0.05, 0) is 43.4 Å². The van der Waals surface area contributed by atoms with E-state index in [1.165, 1.54) is 29.2 Å². The van der Waals surface area contributed by atoms with Gasteiger partial charge in [0.15, 0.2) is 34.6 Å². The summed E-state index contributed by atoms with van der Waals surface area (Å²) < 4.78 is 0. The van der Waals surface area contributed by atoms with Crippen LogP contribution in [0.1, 0.15) is 20.7 Å². The van der Waals surface area contributed by atoms with E-state index >= 15 is 0 Å². The quantitative estimate of drug-likeness (QED) is 0.455. The average molecular weight is 368 g/mol. The van der Waals surface area contributed by atoms with Crippen molar-refractivity contribution in [2.24, 2.45) is 0 Å². The second-order valence-electron chi connectivity index (χ2n) is 5.43. The van der Waals surface area contributed by atoms with Crippen molar-refractivity contribution in [3.63, 3.8) is 0 Å². The van der Waals surface area contributed by atoms with Crippen molar-refractivity contribution >= 4 is 24.0 Å². The van der Waals surface area contributed by atoms with Gasteiger partial charge in [0, 0.05) is 11.1 Å². The Morgan fingerprint density at radius 1 is 0.760 bits per heavy atom. The van der Waals surface area contributed by atoms with Crippen molar-refractivity contribution in [3.05, 3.63) is 47.5 Å². The number of likely N-dealkylation sites (N-methyl/N-ethyl adjacent to an activating group) is 1. The highest BCUT2D eigenvalue weighted by Crippen LogP contribution is 2.26. The standard InChI is InChI=1S/C17H17NO6.ClH/c1-18(8-16(23)10-2-4-12(19)14(21)6-10)9-17(24)11-3-5-13(20)15(22)7-11;/h2-7,19-22H,8-9H2,1H3;1H. The first kappa shape index (κ1) is 20.3. The zero-order valence-electron chi connectivity index (χ0n) is 13.3. The monoisotopic (exact) mass is 367 g/mol. The molecule has 0 aliphatic rings. The molecule has 0 saturated heterocycles. The SMILES string of the molecule is CN(CC(=O)c1ccc(O)c(O)c1)CC(=O)c1ccc(O)c(O)c1.Cl. The maximum absolute atomic E-state index is 12.1. The number of nitrogens with zero attached hydrogens (tertiary/aromatic N) is 1. The number of hydrogen-bond acceptors (Lipinski definition) is 7. The Labute approximate surface area is 150 Å². The lowest BCUT2D eigenvalue weighted by molar-refractivity contribution is 0.0894. The molecule has 0 amide bonds. The molecule has 0 atom stereocenters. The molecule has 0 aromatic heterocycles. The molecule has 0 aliphatic heterocycles. The molecule has 2 aromatic rings. The Kier molecular flexibility index (Phi) is 6.78. The fourth-order valence-corrected chi connectivity index (χ4v) is 2.12. The van der Waals surface area contributed by atoms with Gasteiger partial charge in [0.2, 0.25) is 0 Å². The van der Waals surface area contributed by atoms with Crippen LogP contribution in [0.25, 0.3) is 0 Å². The van der Waals surface area contributed by atoms with Gasteiger partial charge in [-0.25, -0.2) is 0 Å². The molecular weight excluding hydrogens is 350 g/mol. The van der Waals surface area contributed by atoms with Crippen LogP contribution < -0.4 is 0 Å². The lowest BCUT2D eigenvalue weighted by Crippen LogP contribution is -2.31. The number of rotatable bonds is 6. The smallest absolute Gasteiger partial charge is 0.176 e. The van der Waals surface area contributed by atoms with E-state index in [9.17, 15) is 30.0 Å². The molecule has 0 bridgehead atoms. The maximum atomic E-state index is 12.1. The summed E-state index contributed by atoms with van der Waals surface area (Å²) in [5.41, 5.74) is 0.429. The van der Waals surface area contributed by atoms with E-state index in [0.29, 0.717) is 0 Å². The fourth-order valence-electron chi connectivity index (χ4n) is 2.12. The number of carbonyl (C=O) groups is 2. The number of aromatic hydroxyl groups is 4. The normalized spacial score (nSPS) is 10.3. The topological polar surface area (TPSA) is 118 Å². The highest BCUT2D eigenvalue weighted by molar-refractivity contribution is 6.00. The molecule has 8 heteroatoms. The van der Waals surface area contributed by atoms with E-state index in [2.05, 4.69) is 0 Å². The van der Waals surface area contributed by atoms with Crippen LogP contribution >= 0.6 is 12.4 Å². The molecule has 0 spiro atoms. The molecule has 4 N–H and O–H groups in total. The van der Waals surface area contributed by atoms with Gasteiger partial charge in [0.25, 0.3) is 0 Å². The van der Waals surface area contributed by atoms with Gasteiger partial charge in [-0.2, -0.15) is 0 Å². The van der Waals surface area contributed by atoms with Crippen molar-refractivity contribution in [3.8, 4) is 23.0 Å². The molecule has 134 valence electrons. The van der Waals surface area contributed by atoms with Gasteiger partial charge in [-0.3, -0.25) is 14.5 Å². The maximum Gasteiger partial charge on any atom is 0.176 e. The van der Waals surface area contributed by atoms with Crippen LogP contribution in [-0.4, -0.2) is 57.0 Å². The summed E-state index contributed by atoms with van der Waals surface area (Å²) >= 11 is 0. The molecule has 7 nitrogen and oxygen atoms in total. The summed E-state index contributed by atoms with van der Waals surface area (Å²) in [6, 6.07) is 7.51. The molecule has 25 heavy (non-hydrogen) atoms. The molecule has 0 saturated carbocycles. The molecular formula is C17H18ClNO6. The average Bonchev–Trinajstić information content (AvgIpc) is 2.52. The highest BCUT2D eigenvalue weighted by atomic mass is 35.5. The largest absolute Gasteiger partial charge is 0.504 e. The zero-order chi connectivity index (χ0) is 17.9. The second kappa shape index (κ2) is 8.36. The minimum absolute atomic E-state index is 0. The van der Waals surface area contributed by atoms with E-state index < -0.39 is 0 Å². The van der Waals surface area contributed by atoms with Crippen LogP contribution in [0.5, 0.6) is 23.0 Å². The second-order valence-corrected chi connectivity index (χ2v) is 5.43. The fraction of sp³-hybridized carbons (Fsp3) is 0.176. The summed E-state index contributed by atoms with van der Waals surface area (Å²) in [6.45, 7) is -0.139. The van der Waals surface area contributed by atoms with E-state index in [0.717, 1.165) is 12.1 Å². The van der Waals surface area contributed by atoms with Crippen LogP contribution in [0.4, 0.5) is 0 Å². The lowest BCUT2D eigenvalue weighted by Gasteiger charge is -2.15. The Morgan fingerprint density at radius 2 is 1.12 bits per heavy atom. The Balaban J connectivity index is 0.00000312. The number of carbonyl (C=O) groups excluding carboxylic acids is 2. The molecule has 2 rings (SSSR count). The van der Waals surface area contributed by atoms with Crippen molar-refractivity contribution < 1.29 is 30.0 Å². The van der Waals surface area contributed by atoms with E-state index in [1.807, 2.05) is 0 Å². The van der Waals surface area contributed by atoms with Crippen LogP contribution in [0.2, 0.25) is 0 Å². The number of ketones is 2. The first-order chi connectivity index (χ1) is 11.3. The molecule has 0 heterocycles. The van der Waals surface area contributed by atoms with Crippen LogP contribution in [0.15, 0.2) is 36.4 Å². The summed E-state index contributed by atoms with van der Waals surface area (Å²) in [6.07, 6.45) is 0. The minimum Gasteiger partial charge on any atom is -0.504 e. The lowest BCUT2D eigenvalue weighted by atomic mass is 10.1. The van der Waals surface area contributed by atoms with Gasteiger partial charge in [0.1, 0.15) is 0 Å². The summed E-state index contributed by atoms with van der Waals surface area (Å²) in [5.74, 6) is -2.06. The number of hydrogen-bond donors (Lipinski definition) is 4. The van der Waals surface area contributed by atoms with E-state index in [4.69, 9.17) is 0 Å². The van der Waals surface area contributed by atoms with Gasteiger partial charge in [-0.15, -0.1) is 12.4 Å². The minimum atomic E-state index is -0.390. The predicted octanol–water partition coefficient (Wildman–Crippen LogP) is 1.93. The van der Waals surface area contributed by atoms with Crippen molar-refractivity contribution in [1.82, 2.24) is 4.90 Å². The molecule has 0 fully saturated rings. The number of Topliss-reactive ketones (excluding diaryl/α,β-unsaturated/α-hetero) is 2. The van der Waals surface area contributed by atoms with Gasteiger partial charge >= 0.3 is 0 Å². The Morgan fingerprint density at radius 3 is 1.44 bits per heavy atom. The van der Waals surface area contributed by atoms with Gasteiger partial charge in [-0.1, -0.05) is 0 Å².